The molecule has 0 radical (unpaired) electrons. The number of nitrogens with one attached hydrogen (secondary N) is 1. The van der Waals surface area contributed by atoms with E-state index < -0.39 is 5.60 Å². The Bertz CT molecular complexity index is 623. The van der Waals surface area contributed by atoms with Crippen LogP contribution in [-0.2, 0) is 17.6 Å². The first kappa shape index (κ1) is 18.7. The lowest BCUT2D eigenvalue weighted by Crippen LogP contribution is -2.44. The van der Waals surface area contributed by atoms with E-state index in [0.717, 1.165) is 49.7 Å². The Kier molecular flexibility index (Phi) is 5.74. The van der Waals surface area contributed by atoms with Crippen LogP contribution < -0.4 is 5.32 Å². The molecule has 0 bridgehead atoms. The number of amides is 1. The molecule has 3 rings (SSSR count). The quantitative estimate of drug-likeness (QED) is 0.789. The van der Waals surface area contributed by atoms with Gasteiger partial charge in [-0.2, -0.15) is 0 Å². The highest BCUT2D eigenvalue weighted by Gasteiger charge is 2.35. The molecule has 1 aromatic rings. The zero-order chi connectivity index (χ0) is 18.0. The molecule has 2 aliphatic carbocycles. The summed E-state index contributed by atoms with van der Waals surface area (Å²) < 4.78 is 6.72. The normalized spacial score (nSPS) is 20.1. The van der Waals surface area contributed by atoms with Gasteiger partial charge in [-0.25, -0.2) is 4.79 Å². The minimum atomic E-state index is -0.432. The summed E-state index contributed by atoms with van der Waals surface area (Å²) in [5.74, 6) is 0. The van der Waals surface area contributed by atoms with Crippen molar-refractivity contribution in [1.29, 1.82) is 0 Å². The van der Waals surface area contributed by atoms with Crippen LogP contribution in [0.2, 0.25) is 0 Å². The average Bonchev–Trinajstić information content (AvgIpc) is 3.34. The molecule has 25 heavy (non-hydrogen) atoms. The molecule has 2 aliphatic rings. The zero-order valence-corrected chi connectivity index (χ0v) is 17.1. The van der Waals surface area contributed by atoms with Crippen molar-refractivity contribution in [1.82, 2.24) is 10.2 Å². The summed E-state index contributed by atoms with van der Waals surface area (Å²) in [6.45, 7) is 7.32. The highest BCUT2D eigenvalue weighted by Crippen LogP contribution is 2.28. The fourth-order valence-corrected chi connectivity index (χ4v) is 3.83. The number of aryl methyl sites for hydroxylation is 1. The van der Waals surface area contributed by atoms with Crippen LogP contribution in [0, 0.1) is 0 Å². The fourth-order valence-electron chi connectivity index (χ4n) is 3.42. The summed E-state index contributed by atoms with van der Waals surface area (Å²) in [6, 6.07) is 7.46. The SMILES string of the molecule is CC(C)(C)OC(=O)N(CCNC1CCc2cc(Br)ccc2C1)C1CC1. The minimum Gasteiger partial charge on any atom is -0.444 e. The first-order chi connectivity index (χ1) is 11.8. The van der Waals surface area contributed by atoms with Crippen molar-refractivity contribution in [2.45, 2.75) is 70.6 Å². The van der Waals surface area contributed by atoms with Gasteiger partial charge in [-0.3, -0.25) is 0 Å². The zero-order valence-electron chi connectivity index (χ0n) is 15.5. The Morgan fingerprint density at radius 2 is 2.04 bits per heavy atom. The Morgan fingerprint density at radius 1 is 1.28 bits per heavy atom. The van der Waals surface area contributed by atoms with Crippen LogP contribution in [0.25, 0.3) is 0 Å². The minimum absolute atomic E-state index is 0.171. The molecule has 4 nitrogen and oxygen atoms in total. The smallest absolute Gasteiger partial charge is 0.410 e. The topological polar surface area (TPSA) is 41.6 Å². The monoisotopic (exact) mass is 408 g/mol. The van der Waals surface area contributed by atoms with Gasteiger partial charge in [-0.05, 0) is 76.1 Å². The predicted molar refractivity (Wildman–Crippen MR) is 104 cm³/mol. The lowest BCUT2D eigenvalue weighted by atomic mass is 9.88. The van der Waals surface area contributed by atoms with Gasteiger partial charge >= 0.3 is 6.09 Å². The van der Waals surface area contributed by atoms with Crippen molar-refractivity contribution < 1.29 is 9.53 Å². The summed E-state index contributed by atoms with van der Waals surface area (Å²) in [5.41, 5.74) is 2.47. The predicted octanol–water partition coefficient (Wildman–Crippen LogP) is 4.30. The summed E-state index contributed by atoms with van der Waals surface area (Å²) in [7, 11) is 0. The molecule has 0 spiro atoms. The van der Waals surface area contributed by atoms with Crippen molar-refractivity contribution in [3.8, 4) is 0 Å². The first-order valence-corrected chi connectivity index (χ1v) is 10.1. The van der Waals surface area contributed by atoms with E-state index in [4.69, 9.17) is 4.74 Å². The van der Waals surface area contributed by atoms with Crippen LogP contribution in [0.4, 0.5) is 4.79 Å². The molecule has 0 saturated heterocycles. The van der Waals surface area contributed by atoms with Gasteiger partial charge in [0, 0.05) is 29.6 Å². The lowest BCUT2D eigenvalue weighted by Gasteiger charge is -2.29. The van der Waals surface area contributed by atoms with E-state index in [-0.39, 0.29) is 6.09 Å². The Morgan fingerprint density at radius 3 is 2.72 bits per heavy atom. The highest BCUT2D eigenvalue weighted by atomic mass is 79.9. The Hall–Kier alpha value is -1.07. The van der Waals surface area contributed by atoms with Crippen molar-refractivity contribution >= 4 is 22.0 Å². The van der Waals surface area contributed by atoms with E-state index in [1.165, 1.54) is 11.1 Å². The Labute approximate surface area is 159 Å². The molecule has 1 saturated carbocycles. The van der Waals surface area contributed by atoms with Crippen molar-refractivity contribution in [3.63, 3.8) is 0 Å². The number of carbonyl (C=O) groups excluding carboxylic acids is 1. The molecular weight excluding hydrogens is 380 g/mol. The van der Waals surface area contributed by atoms with E-state index in [2.05, 4.69) is 39.4 Å². The number of halogens is 1. The molecule has 5 heteroatoms. The molecule has 0 heterocycles. The molecule has 1 amide bonds. The number of benzene rings is 1. The number of nitrogens with zero attached hydrogens (tertiary/aromatic N) is 1. The largest absolute Gasteiger partial charge is 0.444 e. The summed E-state index contributed by atoms with van der Waals surface area (Å²) in [5, 5.41) is 3.65. The third-order valence-corrected chi connectivity index (χ3v) is 5.29. The van der Waals surface area contributed by atoms with Gasteiger partial charge in [0.15, 0.2) is 0 Å². The number of hydrogen-bond donors (Lipinski definition) is 1. The van der Waals surface area contributed by atoms with Gasteiger partial charge in [0.1, 0.15) is 5.60 Å². The number of hydrogen-bond acceptors (Lipinski definition) is 3. The molecular formula is C20H29BrN2O2. The van der Waals surface area contributed by atoms with Crippen LogP contribution in [0.1, 0.15) is 51.2 Å². The molecule has 0 aromatic heterocycles. The van der Waals surface area contributed by atoms with Gasteiger partial charge in [0.05, 0.1) is 0 Å². The van der Waals surface area contributed by atoms with Crippen molar-refractivity contribution in [3.05, 3.63) is 33.8 Å². The van der Waals surface area contributed by atoms with Crippen LogP contribution in [0.15, 0.2) is 22.7 Å². The van der Waals surface area contributed by atoms with Gasteiger partial charge in [0.2, 0.25) is 0 Å². The summed E-state index contributed by atoms with van der Waals surface area (Å²) in [6.07, 6.45) is 5.37. The number of fused-ring (bicyclic) bond motifs is 1. The molecule has 1 aromatic carbocycles. The maximum absolute atomic E-state index is 12.4. The third-order valence-electron chi connectivity index (χ3n) is 4.80. The molecule has 1 fully saturated rings. The molecule has 1 unspecified atom stereocenters. The highest BCUT2D eigenvalue weighted by molar-refractivity contribution is 9.10. The van der Waals surface area contributed by atoms with Crippen LogP contribution in [0.3, 0.4) is 0 Å². The van der Waals surface area contributed by atoms with Gasteiger partial charge in [-0.15, -0.1) is 0 Å². The summed E-state index contributed by atoms with van der Waals surface area (Å²) in [4.78, 5) is 14.3. The average molecular weight is 409 g/mol. The summed E-state index contributed by atoms with van der Waals surface area (Å²) >= 11 is 3.55. The first-order valence-electron chi connectivity index (χ1n) is 9.32. The maximum Gasteiger partial charge on any atom is 0.410 e. The third kappa shape index (κ3) is 5.45. The van der Waals surface area contributed by atoms with Crippen LogP contribution in [-0.4, -0.2) is 41.8 Å². The van der Waals surface area contributed by atoms with E-state index in [1.54, 1.807) is 0 Å². The van der Waals surface area contributed by atoms with E-state index in [0.29, 0.717) is 12.1 Å². The van der Waals surface area contributed by atoms with E-state index in [9.17, 15) is 4.79 Å². The van der Waals surface area contributed by atoms with Gasteiger partial charge < -0.3 is 15.0 Å². The fraction of sp³-hybridized carbons (Fsp3) is 0.650. The molecule has 138 valence electrons. The maximum atomic E-state index is 12.4. The van der Waals surface area contributed by atoms with Gasteiger partial charge in [0.25, 0.3) is 0 Å². The number of ether oxygens (including phenoxy) is 1. The second kappa shape index (κ2) is 7.67. The van der Waals surface area contributed by atoms with E-state index in [1.807, 2.05) is 25.7 Å². The van der Waals surface area contributed by atoms with Gasteiger partial charge in [-0.1, -0.05) is 22.0 Å². The second-order valence-corrected chi connectivity index (χ2v) is 9.13. The second-order valence-electron chi connectivity index (χ2n) is 8.21. The molecule has 1 atom stereocenters. The Balaban J connectivity index is 1.48. The van der Waals surface area contributed by atoms with E-state index >= 15 is 0 Å². The number of carbonyl (C=O) groups is 1. The van der Waals surface area contributed by atoms with Crippen LogP contribution in [0.5, 0.6) is 0 Å². The standard InChI is InChI=1S/C20H29BrN2O2/c1-20(2,3)25-19(24)23(18-8-9-18)11-10-22-17-7-5-14-12-16(21)6-4-15(14)13-17/h4,6,12,17-18,22H,5,7-11,13H2,1-3H3. The molecule has 0 aliphatic heterocycles. The number of rotatable bonds is 5. The van der Waals surface area contributed by atoms with Crippen molar-refractivity contribution in [2.24, 2.45) is 0 Å². The molecule has 1 N–H and O–H groups in total. The van der Waals surface area contributed by atoms with Crippen LogP contribution >= 0.6 is 15.9 Å². The lowest BCUT2D eigenvalue weighted by molar-refractivity contribution is 0.0234. The van der Waals surface area contributed by atoms with Crippen molar-refractivity contribution in [2.75, 3.05) is 13.1 Å².